The Hall–Kier alpha value is -0.510. The van der Waals surface area contributed by atoms with Crippen LogP contribution in [0.1, 0.15) is 26.7 Å². The van der Waals surface area contributed by atoms with Gasteiger partial charge < -0.3 is 18.8 Å². The van der Waals surface area contributed by atoms with Gasteiger partial charge in [0.1, 0.15) is 0 Å². The summed E-state index contributed by atoms with van der Waals surface area (Å²) in [6.07, 6.45) is 1.88. The van der Waals surface area contributed by atoms with Crippen molar-refractivity contribution in [2.24, 2.45) is 4.76 Å². The molecule has 0 aliphatic carbocycles. The van der Waals surface area contributed by atoms with Crippen LogP contribution in [-0.4, -0.2) is 62.5 Å². The molecule has 0 aromatic heterocycles. The Kier molecular flexibility index (Phi) is 5.70. The molecule has 5 nitrogen and oxygen atoms in total. The molecule has 106 valence electrons. The fraction of sp³-hybridized carbons (Fsp3) is 0.833. The second kappa shape index (κ2) is 6.60. The Morgan fingerprint density at radius 3 is 1.89 bits per heavy atom. The molecule has 0 bridgehead atoms. The standard InChI is InChI=1S/C12H26N3O2P/c1-7-11(8-2)18(16-5,17-6)13-12-14(3)9-10-15(12)4/h7-10H2,1-6H3. The van der Waals surface area contributed by atoms with E-state index < -0.39 is 7.49 Å². The van der Waals surface area contributed by atoms with E-state index in [0.717, 1.165) is 31.9 Å². The van der Waals surface area contributed by atoms with Gasteiger partial charge in [-0.1, -0.05) is 13.8 Å². The Morgan fingerprint density at radius 2 is 1.56 bits per heavy atom. The van der Waals surface area contributed by atoms with Crippen molar-refractivity contribution in [3.8, 4) is 0 Å². The maximum Gasteiger partial charge on any atom is 0.242 e. The Bertz CT molecular complexity index is 342. The molecule has 0 spiro atoms. The molecule has 0 atom stereocenters. The zero-order chi connectivity index (χ0) is 13.8. The van der Waals surface area contributed by atoms with Gasteiger partial charge in [-0.25, -0.2) is 0 Å². The van der Waals surface area contributed by atoms with Gasteiger partial charge in [-0.15, -0.1) is 0 Å². The summed E-state index contributed by atoms with van der Waals surface area (Å²) in [6, 6.07) is 0. The normalized spacial score (nSPS) is 16.4. The van der Waals surface area contributed by atoms with Crippen molar-refractivity contribution in [1.82, 2.24) is 9.80 Å². The summed E-state index contributed by atoms with van der Waals surface area (Å²) in [6.45, 7) is 6.26. The molecule has 1 heterocycles. The second-order valence-electron chi connectivity index (χ2n) is 4.40. The van der Waals surface area contributed by atoms with Gasteiger partial charge in [-0.2, -0.15) is 4.76 Å². The number of nitrogens with zero attached hydrogens (tertiary/aromatic N) is 3. The van der Waals surface area contributed by atoms with Crippen LogP contribution in [0, 0.1) is 0 Å². The lowest BCUT2D eigenvalue weighted by Crippen LogP contribution is -2.28. The van der Waals surface area contributed by atoms with Crippen LogP contribution in [-0.2, 0) is 9.05 Å². The van der Waals surface area contributed by atoms with Crippen molar-refractivity contribution in [2.75, 3.05) is 41.4 Å². The highest BCUT2D eigenvalue weighted by molar-refractivity contribution is 7.66. The third-order valence-corrected chi connectivity index (χ3v) is 6.25. The van der Waals surface area contributed by atoms with Gasteiger partial charge in [0.15, 0.2) is 0 Å². The SMILES string of the molecule is CCC(CC)=P(N=C1N(C)CCN1C)(OC)OC. The molecule has 1 rings (SSSR count). The predicted molar refractivity (Wildman–Crippen MR) is 79.2 cm³/mol. The summed E-state index contributed by atoms with van der Waals surface area (Å²) in [5.74, 6) is 0.964. The van der Waals surface area contributed by atoms with Crippen molar-refractivity contribution in [3.05, 3.63) is 0 Å². The number of guanidine groups is 1. The minimum absolute atomic E-state index is 0.941. The van der Waals surface area contributed by atoms with Crippen LogP contribution in [0.15, 0.2) is 4.76 Å². The van der Waals surface area contributed by atoms with Gasteiger partial charge in [0.2, 0.25) is 13.5 Å². The Balaban J connectivity index is 3.30. The highest BCUT2D eigenvalue weighted by atomic mass is 31.2. The van der Waals surface area contributed by atoms with Gasteiger partial charge in [0, 0.05) is 41.4 Å². The number of hydrogen-bond donors (Lipinski definition) is 0. The summed E-state index contributed by atoms with van der Waals surface area (Å²) in [5.41, 5.74) is 0. The van der Waals surface area contributed by atoms with Crippen molar-refractivity contribution < 1.29 is 9.05 Å². The van der Waals surface area contributed by atoms with E-state index in [0.29, 0.717) is 0 Å². The topological polar surface area (TPSA) is 37.3 Å². The second-order valence-corrected chi connectivity index (χ2v) is 7.01. The van der Waals surface area contributed by atoms with E-state index in [4.69, 9.17) is 13.8 Å². The molecule has 1 aliphatic rings. The lowest BCUT2D eigenvalue weighted by Gasteiger charge is -2.25. The molecule has 0 amide bonds. The summed E-state index contributed by atoms with van der Waals surface area (Å²) >= 11 is 0. The fourth-order valence-corrected chi connectivity index (χ4v) is 4.51. The first-order chi connectivity index (χ1) is 8.54. The maximum absolute atomic E-state index is 5.70. The van der Waals surface area contributed by atoms with Crippen molar-refractivity contribution in [1.29, 1.82) is 0 Å². The predicted octanol–water partition coefficient (Wildman–Crippen LogP) is 2.27. The fourth-order valence-electron chi connectivity index (χ4n) is 2.20. The minimum Gasteiger partial charge on any atom is -0.344 e. The first-order valence-corrected chi connectivity index (χ1v) is 8.00. The summed E-state index contributed by atoms with van der Waals surface area (Å²) < 4.78 is 16.2. The first-order valence-electron chi connectivity index (χ1n) is 6.42. The van der Waals surface area contributed by atoms with E-state index in [1.54, 1.807) is 14.2 Å². The Labute approximate surface area is 111 Å². The van der Waals surface area contributed by atoms with Crippen molar-refractivity contribution in [2.45, 2.75) is 26.7 Å². The van der Waals surface area contributed by atoms with Crippen molar-refractivity contribution >= 4 is 18.7 Å². The number of rotatable bonds is 5. The molecule has 0 N–H and O–H groups in total. The van der Waals surface area contributed by atoms with E-state index in [-0.39, 0.29) is 0 Å². The van der Waals surface area contributed by atoms with Gasteiger partial charge in [0.05, 0.1) is 0 Å². The first kappa shape index (κ1) is 15.5. The van der Waals surface area contributed by atoms with Crippen LogP contribution in [0.4, 0.5) is 0 Å². The summed E-state index contributed by atoms with van der Waals surface area (Å²) in [7, 11) is 5.23. The van der Waals surface area contributed by atoms with Gasteiger partial charge in [-0.05, 0) is 18.1 Å². The quantitative estimate of drug-likeness (QED) is 0.721. The molecule has 0 radical (unpaired) electrons. The maximum atomic E-state index is 5.70. The summed E-state index contributed by atoms with van der Waals surface area (Å²) in [4.78, 5) is 4.30. The number of likely N-dealkylation sites (N-methyl/N-ethyl adjacent to an activating group) is 2. The molecule has 0 saturated carbocycles. The summed E-state index contributed by atoms with van der Waals surface area (Å²) in [5, 5.41) is 1.26. The number of hydrogen-bond acceptors (Lipinski definition) is 3. The monoisotopic (exact) mass is 275 g/mol. The van der Waals surface area contributed by atoms with Gasteiger partial charge >= 0.3 is 0 Å². The average Bonchev–Trinajstić information content (AvgIpc) is 2.70. The molecule has 1 aliphatic heterocycles. The van der Waals surface area contributed by atoms with Crippen LogP contribution in [0.5, 0.6) is 0 Å². The zero-order valence-electron chi connectivity index (χ0n) is 12.4. The highest BCUT2D eigenvalue weighted by Gasteiger charge is 2.27. The third kappa shape index (κ3) is 2.90. The van der Waals surface area contributed by atoms with E-state index in [1.165, 1.54) is 5.29 Å². The molecule has 0 aromatic rings. The van der Waals surface area contributed by atoms with Gasteiger partial charge in [-0.3, -0.25) is 0 Å². The largest absolute Gasteiger partial charge is 0.344 e. The zero-order valence-corrected chi connectivity index (χ0v) is 13.3. The van der Waals surface area contributed by atoms with Crippen molar-refractivity contribution in [3.63, 3.8) is 0 Å². The van der Waals surface area contributed by atoms with E-state index in [9.17, 15) is 0 Å². The smallest absolute Gasteiger partial charge is 0.242 e. The molecule has 0 unspecified atom stereocenters. The van der Waals surface area contributed by atoms with Crippen LogP contribution in [0.2, 0.25) is 0 Å². The van der Waals surface area contributed by atoms with Gasteiger partial charge in [0.25, 0.3) is 0 Å². The van der Waals surface area contributed by atoms with Crippen LogP contribution >= 0.6 is 7.49 Å². The lowest BCUT2D eigenvalue weighted by molar-refractivity contribution is 0.334. The van der Waals surface area contributed by atoms with Crippen LogP contribution < -0.4 is 0 Å². The van der Waals surface area contributed by atoms with Crippen LogP contribution in [0.3, 0.4) is 0 Å². The van der Waals surface area contributed by atoms with Crippen LogP contribution in [0.25, 0.3) is 0 Å². The lowest BCUT2D eigenvalue weighted by atomic mass is 10.3. The molecule has 6 heteroatoms. The van der Waals surface area contributed by atoms with E-state index in [2.05, 4.69) is 37.7 Å². The molecular formula is C12H26N3O2P. The minimum atomic E-state index is -2.27. The van der Waals surface area contributed by atoms with E-state index >= 15 is 0 Å². The molecule has 0 aromatic carbocycles. The molecule has 1 fully saturated rings. The molecular weight excluding hydrogens is 249 g/mol. The highest BCUT2D eigenvalue weighted by Crippen LogP contribution is 2.53. The van der Waals surface area contributed by atoms with E-state index in [1.807, 2.05) is 0 Å². The average molecular weight is 275 g/mol. The molecule has 18 heavy (non-hydrogen) atoms. The third-order valence-electron chi connectivity index (χ3n) is 3.39. The Morgan fingerprint density at radius 1 is 1.11 bits per heavy atom. The molecule has 1 saturated heterocycles.